The number of hydrogen-bond donors (Lipinski definition) is 0. The lowest BCUT2D eigenvalue weighted by Crippen LogP contribution is -2.24. The van der Waals surface area contributed by atoms with E-state index in [1.54, 1.807) is 17.0 Å². The SMILES string of the molecule is O=C1CC(c2nc(-c3cccc(C(F)(F)F)c3)no2)CN1Cc1ccc(F)cc1. The highest BCUT2D eigenvalue weighted by Crippen LogP contribution is 2.33. The molecule has 9 heteroatoms. The van der Waals surface area contributed by atoms with Gasteiger partial charge in [-0.15, -0.1) is 0 Å². The maximum Gasteiger partial charge on any atom is 0.416 e. The van der Waals surface area contributed by atoms with Crippen molar-refractivity contribution in [2.24, 2.45) is 0 Å². The second-order valence-corrected chi connectivity index (χ2v) is 6.84. The summed E-state index contributed by atoms with van der Waals surface area (Å²) in [4.78, 5) is 18.1. The second-order valence-electron chi connectivity index (χ2n) is 6.84. The molecule has 1 aliphatic rings. The van der Waals surface area contributed by atoms with Crippen molar-refractivity contribution < 1.29 is 26.9 Å². The highest BCUT2D eigenvalue weighted by atomic mass is 19.4. The Bertz CT molecular complexity index is 1030. The third-order valence-corrected chi connectivity index (χ3v) is 4.74. The Morgan fingerprint density at radius 2 is 1.90 bits per heavy atom. The van der Waals surface area contributed by atoms with Crippen LogP contribution in [0.15, 0.2) is 53.1 Å². The highest BCUT2D eigenvalue weighted by molar-refractivity contribution is 5.79. The zero-order valence-electron chi connectivity index (χ0n) is 15.0. The molecule has 1 amide bonds. The minimum absolute atomic E-state index is 0.0375. The normalized spacial score (nSPS) is 17.2. The summed E-state index contributed by atoms with van der Waals surface area (Å²) in [7, 11) is 0. The third-order valence-electron chi connectivity index (χ3n) is 4.74. The first-order chi connectivity index (χ1) is 13.8. The molecule has 0 N–H and O–H groups in total. The topological polar surface area (TPSA) is 59.2 Å². The average molecular weight is 405 g/mol. The number of amides is 1. The summed E-state index contributed by atoms with van der Waals surface area (Å²) < 4.78 is 56.9. The van der Waals surface area contributed by atoms with E-state index in [1.165, 1.54) is 24.3 Å². The van der Waals surface area contributed by atoms with Gasteiger partial charge >= 0.3 is 6.18 Å². The average Bonchev–Trinajstić information content (AvgIpc) is 3.30. The van der Waals surface area contributed by atoms with Gasteiger partial charge in [-0.25, -0.2) is 4.39 Å². The Kier molecular flexibility index (Phi) is 4.81. The number of halogens is 4. The van der Waals surface area contributed by atoms with Gasteiger partial charge < -0.3 is 9.42 Å². The van der Waals surface area contributed by atoms with E-state index in [1.807, 2.05) is 0 Å². The second kappa shape index (κ2) is 7.31. The van der Waals surface area contributed by atoms with Crippen molar-refractivity contribution in [2.45, 2.75) is 25.1 Å². The molecule has 1 aliphatic heterocycles. The molecule has 1 atom stereocenters. The molecule has 0 aliphatic carbocycles. The van der Waals surface area contributed by atoms with Crippen LogP contribution in [-0.2, 0) is 17.5 Å². The van der Waals surface area contributed by atoms with Gasteiger partial charge in [-0.05, 0) is 29.8 Å². The van der Waals surface area contributed by atoms with Crippen molar-refractivity contribution in [3.63, 3.8) is 0 Å². The molecule has 2 aromatic carbocycles. The van der Waals surface area contributed by atoms with Gasteiger partial charge in [-0.2, -0.15) is 18.2 Å². The van der Waals surface area contributed by atoms with Crippen LogP contribution in [-0.4, -0.2) is 27.5 Å². The number of rotatable bonds is 4. The fraction of sp³-hybridized carbons (Fsp3) is 0.250. The van der Waals surface area contributed by atoms with E-state index < -0.39 is 11.7 Å². The summed E-state index contributed by atoms with van der Waals surface area (Å²) in [5, 5.41) is 3.77. The highest BCUT2D eigenvalue weighted by Gasteiger charge is 2.35. The number of likely N-dealkylation sites (tertiary alicyclic amines) is 1. The van der Waals surface area contributed by atoms with Crippen molar-refractivity contribution in [1.82, 2.24) is 15.0 Å². The van der Waals surface area contributed by atoms with Gasteiger partial charge in [0.2, 0.25) is 17.6 Å². The van der Waals surface area contributed by atoms with Gasteiger partial charge in [0.05, 0.1) is 11.5 Å². The van der Waals surface area contributed by atoms with Crippen molar-refractivity contribution in [2.75, 3.05) is 6.54 Å². The van der Waals surface area contributed by atoms with E-state index in [2.05, 4.69) is 10.1 Å². The molecule has 0 saturated carbocycles. The summed E-state index contributed by atoms with van der Waals surface area (Å²) in [5.41, 5.74) is 0.167. The molecule has 0 bridgehead atoms. The lowest BCUT2D eigenvalue weighted by molar-refractivity contribution is -0.137. The maximum atomic E-state index is 13.0. The molecule has 5 nitrogen and oxygen atoms in total. The fourth-order valence-electron chi connectivity index (χ4n) is 3.25. The first kappa shape index (κ1) is 19.1. The number of carbonyl (C=O) groups is 1. The molecule has 0 spiro atoms. The minimum atomic E-state index is -4.47. The number of alkyl halides is 3. The summed E-state index contributed by atoms with van der Waals surface area (Å²) in [5.74, 6) is -0.580. The van der Waals surface area contributed by atoms with E-state index in [0.717, 1.165) is 17.7 Å². The smallest absolute Gasteiger partial charge is 0.339 e. The Morgan fingerprint density at radius 3 is 2.62 bits per heavy atom. The number of nitrogens with zero attached hydrogens (tertiary/aromatic N) is 3. The first-order valence-electron chi connectivity index (χ1n) is 8.83. The Morgan fingerprint density at radius 1 is 1.14 bits per heavy atom. The van der Waals surface area contributed by atoms with Crippen LogP contribution >= 0.6 is 0 Å². The van der Waals surface area contributed by atoms with Crippen molar-refractivity contribution >= 4 is 5.91 Å². The van der Waals surface area contributed by atoms with Crippen LogP contribution in [0.3, 0.4) is 0 Å². The number of aromatic nitrogens is 2. The van der Waals surface area contributed by atoms with Gasteiger partial charge in [-0.1, -0.05) is 29.4 Å². The third kappa shape index (κ3) is 4.13. The quantitative estimate of drug-likeness (QED) is 0.604. The zero-order valence-corrected chi connectivity index (χ0v) is 15.0. The van der Waals surface area contributed by atoms with Crippen LogP contribution in [0.25, 0.3) is 11.4 Å². The van der Waals surface area contributed by atoms with Crippen molar-refractivity contribution in [1.29, 1.82) is 0 Å². The van der Waals surface area contributed by atoms with Gasteiger partial charge in [0.15, 0.2) is 0 Å². The van der Waals surface area contributed by atoms with Gasteiger partial charge in [0, 0.05) is 25.1 Å². The Hall–Kier alpha value is -3.23. The van der Waals surface area contributed by atoms with Crippen LogP contribution < -0.4 is 0 Å². The first-order valence-corrected chi connectivity index (χ1v) is 8.83. The fourth-order valence-corrected chi connectivity index (χ4v) is 3.25. The van der Waals surface area contributed by atoms with Crippen LogP contribution in [0, 0.1) is 5.82 Å². The Labute approximate surface area is 162 Å². The van der Waals surface area contributed by atoms with Crippen LogP contribution in [0.5, 0.6) is 0 Å². The van der Waals surface area contributed by atoms with E-state index in [0.29, 0.717) is 13.1 Å². The predicted octanol–water partition coefficient (Wildman–Crippen LogP) is 4.41. The number of benzene rings is 2. The van der Waals surface area contributed by atoms with Crippen LogP contribution in [0.4, 0.5) is 17.6 Å². The lowest BCUT2D eigenvalue weighted by atomic mass is 10.1. The molecule has 1 fully saturated rings. The van der Waals surface area contributed by atoms with Gasteiger partial charge in [0.25, 0.3) is 0 Å². The predicted molar refractivity (Wildman–Crippen MR) is 93.9 cm³/mol. The summed E-state index contributed by atoms with van der Waals surface area (Å²) in [6.45, 7) is 0.657. The molecular weight excluding hydrogens is 390 g/mol. The largest absolute Gasteiger partial charge is 0.416 e. The van der Waals surface area contributed by atoms with E-state index in [-0.39, 0.29) is 41.3 Å². The zero-order chi connectivity index (χ0) is 20.6. The van der Waals surface area contributed by atoms with Crippen molar-refractivity contribution in [3.05, 3.63) is 71.4 Å². The van der Waals surface area contributed by atoms with E-state index >= 15 is 0 Å². The molecule has 1 aromatic heterocycles. The molecule has 2 heterocycles. The summed E-state index contributed by atoms with van der Waals surface area (Å²) >= 11 is 0. The molecule has 1 unspecified atom stereocenters. The standard InChI is InChI=1S/C20H15F4N3O2/c21-16-6-4-12(5-7-16)10-27-11-14(9-17(27)28)19-25-18(26-29-19)13-2-1-3-15(8-13)20(22,23)24/h1-8,14H,9-11H2. The monoisotopic (exact) mass is 405 g/mol. The molecular formula is C20H15F4N3O2. The molecule has 1 saturated heterocycles. The van der Waals surface area contributed by atoms with Gasteiger partial charge in [-0.3, -0.25) is 4.79 Å². The number of carbonyl (C=O) groups excluding carboxylic acids is 1. The van der Waals surface area contributed by atoms with Crippen LogP contribution in [0.1, 0.15) is 29.4 Å². The van der Waals surface area contributed by atoms with Gasteiger partial charge in [0.1, 0.15) is 5.82 Å². The summed E-state index contributed by atoms with van der Waals surface area (Å²) in [6, 6.07) is 10.5. The van der Waals surface area contributed by atoms with Crippen LogP contribution in [0.2, 0.25) is 0 Å². The maximum absolute atomic E-state index is 13.0. The minimum Gasteiger partial charge on any atom is -0.339 e. The molecule has 150 valence electrons. The lowest BCUT2D eigenvalue weighted by Gasteiger charge is -2.15. The molecule has 4 rings (SSSR count). The molecule has 3 aromatic rings. The molecule has 29 heavy (non-hydrogen) atoms. The number of hydrogen-bond acceptors (Lipinski definition) is 4. The van der Waals surface area contributed by atoms with E-state index in [4.69, 9.17) is 4.52 Å². The van der Waals surface area contributed by atoms with E-state index in [9.17, 15) is 22.4 Å². The molecule has 0 radical (unpaired) electrons. The summed E-state index contributed by atoms with van der Waals surface area (Å²) in [6.07, 6.45) is -4.31. The Balaban J connectivity index is 1.49. The van der Waals surface area contributed by atoms with Crippen molar-refractivity contribution in [3.8, 4) is 11.4 Å².